The summed E-state index contributed by atoms with van der Waals surface area (Å²) >= 11 is 0. The standard InChI is InChI=1S/C10H16N2O2.H4N2/c13-9-11-7-5-3-1-2-4-6-8-12-10-14;1-2/h1-8H2;1-2H2. The average Bonchev–Trinajstić information content (AvgIpc) is 2.34. The van der Waals surface area contributed by atoms with Crippen LogP contribution in [0.15, 0.2) is 9.98 Å². The van der Waals surface area contributed by atoms with Gasteiger partial charge in [-0.05, 0) is 12.8 Å². The van der Waals surface area contributed by atoms with Crippen LogP contribution >= 0.6 is 0 Å². The van der Waals surface area contributed by atoms with Gasteiger partial charge in [0.1, 0.15) is 0 Å². The Hall–Kier alpha value is -1.32. The maximum Gasteiger partial charge on any atom is 0.234 e. The predicted molar refractivity (Wildman–Crippen MR) is 62.1 cm³/mol. The number of hydrogen-bond acceptors (Lipinski definition) is 6. The van der Waals surface area contributed by atoms with Crippen molar-refractivity contribution < 1.29 is 9.59 Å². The number of hydrazine groups is 1. The third-order valence-electron chi connectivity index (χ3n) is 1.92. The molecule has 0 unspecified atom stereocenters. The van der Waals surface area contributed by atoms with E-state index in [4.69, 9.17) is 0 Å². The van der Waals surface area contributed by atoms with Crippen molar-refractivity contribution in [2.24, 2.45) is 21.7 Å². The summed E-state index contributed by atoms with van der Waals surface area (Å²) in [6, 6.07) is 0. The van der Waals surface area contributed by atoms with E-state index in [1.807, 2.05) is 0 Å². The summed E-state index contributed by atoms with van der Waals surface area (Å²) in [5.74, 6) is 8.00. The first-order valence-electron chi connectivity index (χ1n) is 5.32. The minimum Gasteiger partial charge on any atom is -0.274 e. The molecule has 0 radical (unpaired) electrons. The summed E-state index contributed by atoms with van der Waals surface area (Å²) in [6.07, 6.45) is 9.46. The van der Waals surface area contributed by atoms with Crippen molar-refractivity contribution >= 4 is 12.2 Å². The molecule has 0 aromatic carbocycles. The minimum absolute atomic E-state index is 0.596. The van der Waals surface area contributed by atoms with Crippen molar-refractivity contribution in [1.29, 1.82) is 0 Å². The molecular formula is C10H20N4O2. The van der Waals surface area contributed by atoms with Crippen molar-refractivity contribution in [3.63, 3.8) is 0 Å². The van der Waals surface area contributed by atoms with Crippen LogP contribution in [-0.4, -0.2) is 25.2 Å². The van der Waals surface area contributed by atoms with Gasteiger partial charge >= 0.3 is 0 Å². The number of aliphatic imine (C=N–C) groups is 2. The highest BCUT2D eigenvalue weighted by atomic mass is 16.1. The van der Waals surface area contributed by atoms with E-state index in [1.165, 1.54) is 12.2 Å². The molecule has 4 N–H and O–H groups in total. The van der Waals surface area contributed by atoms with Crippen LogP contribution in [0, 0.1) is 0 Å². The Labute approximate surface area is 95.8 Å². The van der Waals surface area contributed by atoms with Gasteiger partial charge in [-0.2, -0.15) is 0 Å². The topological polar surface area (TPSA) is 111 Å². The Morgan fingerprint density at radius 3 is 1.31 bits per heavy atom. The molecule has 16 heavy (non-hydrogen) atoms. The lowest BCUT2D eigenvalue weighted by Crippen LogP contribution is -2.02. The Morgan fingerprint density at radius 2 is 1.00 bits per heavy atom. The van der Waals surface area contributed by atoms with Crippen molar-refractivity contribution in [3.8, 4) is 0 Å². The zero-order valence-corrected chi connectivity index (χ0v) is 9.52. The zero-order chi connectivity index (χ0) is 12.5. The van der Waals surface area contributed by atoms with E-state index >= 15 is 0 Å². The largest absolute Gasteiger partial charge is 0.274 e. The summed E-state index contributed by atoms with van der Waals surface area (Å²) < 4.78 is 0. The fourth-order valence-corrected chi connectivity index (χ4v) is 1.18. The fourth-order valence-electron chi connectivity index (χ4n) is 1.18. The summed E-state index contributed by atoms with van der Waals surface area (Å²) in [5.41, 5.74) is 0. The molecular weight excluding hydrogens is 208 g/mol. The van der Waals surface area contributed by atoms with Crippen molar-refractivity contribution in [3.05, 3.63) is 0 Å². The van der Waals surface area contributed by atoms with Crippen LogP contribution in [0.3, 0.4) is 0 Å². The maximum absolute atomic E-state index is 9.71. The predicted octanol–water partition coefficient (Wildman–Crippen LogP) is 0.817. The zero-order valence-electron chi connectivity index (χ0n) is 9.52. The molecule has 0 atom stereocenters. The minimum atomic E-state index is 0.596. The second kappa shape index (κ2) is 19.3. The van der Waals surface area contributed by atoms with Crippen LogP contribution in [0.1, 0.15) is 38.5 Å². The van der Waals surface area contributed by atoms with Crippen molar-refractivity contribution in [1.82, 2.24) is 0 Å². The molecule has 0 aliphatic carbocycles. The normalized spacial score (nSPS) is 8.12. The number of nitrogens with two attached hydrogens (primary N) is 2. The molecule has 0 aromatic rings. The molecule has 0 saturated heterocycles. The Balaban J connectivity index is 0. The lowest BCUT2D eigenvalue weighted by molar-refractivity contribution is 0.557. The molecule has 0 saturated carbocycles. The van der Waals surface area contributed by atoms with Crippen LogP contribution in [0.2, 0.25) is 0 Å². The first-order valence-corrected chi connectivity index (χ1v) is 5.32. The number of unbranched alkanes of at least 4 members (excludes halogenated alkanes) is 5. The maximum atomic E-state index is 9.71. The van der Waals surface area contributed by atoms with E-state index in [-0.39, 0.29) is 0 Å². The highest BCUT2D eigenvalue weighted by Crippen LogP contribution is 2.05. The molecule has 0 fully saturated rings. The summed E-state index contributed by atoms with van der Waals surface area (Å²) in [6.45, 7) is 1.19. The van der Waals surface area contributed by atoms with Gasteiger partial charge in [0.2, 0.25) is 12.2 Å². The molecule has 0 aliphatic heterocycles. The van der Waals surface area contributed by atoms with Gasteiger partial charge in [-0.3, -0.25) is 11.7 Å². The smallest absolute Gasteiger partial charge is 0.234 e. The Kier molecular flexibility index (Phi) is 20.6. The SMILES string of the molecule is NN.O=C=NCCCCCCCCN=C=O. The fraction of sp³-hybridized carbons (Fsp3) is 0.800. The number of hydrogen-bond donors (Lipinski definition) is 2. The second-order valence-corrected chi connectivity index (χ2v) is 3.07. The number of rotatable bonds is 9. The van der Waals surface area contributed by atoms with Gasteiger partial charge in [0, 0.05) is 0 Å². The Bertz CT molecular complexity index is 197. The lowest BCUT2D eigenvalue weighted by Gasteiger charge is -1.97. The van der Waals surface area contributed by atoms with Crippen molar-refractivity contribution in [2.45, 2.75) is 38.5 Å². The van der Waals surface area contributed by atoms with Gasteiger partial charge in [-0.15, -0.1) is 0 Å². The number of nitrogens with zero attached hydrogens (tertiary/aromatic N) is 2. The summed E-state index contributed by atoms with van der Waals surface area (Å²) in [5, 5.41) is 0. The molecule has 92 valence electrons. The van der Waals surface area contributed by atoms with Gasteiger partial charge in [0.05, 0.1) is 13.1 Å². The second-order valence-electron chi connectivity index (χ2n) is 3.07. The summed E-state index contributed by atoms with van der Waals surface area (Å²) in [7, 11) is 0. The van der Waals surface area contributed by atoms with Gasteiger partial charge < -0.3 is 0 Å². The van der Waals surface area contributed by atoms with Crippen molar-refractivity contribution in [2.75, 3.05) is 13.1 Å². The van der Waals surface area contributed by atoms with Crippen LogP contribution in [-0.2, 0) is 9.59 Å². The quantitative estimate of drug-likeness (QED) is 0.200. The molecule has 0 rings (SSSR count). The highest BCUT2D eigenvalue weighted by Gasteiger charge is 1.90. The van der Waals surface area contributed by atoms with Gasteiger partial charge in [-0.1, -0.05) is 25.7 Å². The Morgan fingerprint density at radius 1 is 0.688 bits per heavy atom. The lowest BCUT2D eigenvalue weighted by atomic mass is 10.1. The highest BCUT2D eigenvalue weighted by molar-refractivity contribution is 5.32. The monoisotopic (exact) mass is 228 g/mol. The molecule has 0 bridgehead atoms. The van der Waals surface area contributed by atoms with E-state index in [0.717, 1.165) is 38.5 Å². The third kappa shape index (κ3) is 18.5. The third-order valence-corrected chi connectivity index (χ3v) is 1.92. The van der Waals surface area contributed by atoms with E-state index in [1.54, 1.807) is 0 Å². The molecule has 6 nitrogen and oxygen atoms in total. The van der Waals surface area contributed by atoms with Crippen LogP contribution < -0.4 is 11.7 Å². The molecule has 0 spiro atoms. The van der Waals surface area contributed by atoms with Crippen LogP contribution in [0.4, 0.5) is 0 Å². The van der Waals surface area contributed by atoms with E-state index in [2.05, 4.69) is 21.7 Å². The van der Waals surface area contributed by atoms with Gasteiger partial charge in [-0.25, -0.2) is 19.6 Å². The molecule has 0 heterocycles. The van der Waals surface area contributed by atoms with E-state index in [9.17, 15) is 9.59 Å². The first-order chi connectivity index (χ1) is 7.91. The first kappa shape index (κ1) is 17.1. The molecule has 0 amide bonds. The number of isocyanates is 2. The van der Waals surface area contributed by atoms with Crippen LogP contribution in [0.5, 0.6) is 0 Å². The molecule has 0 aromatic heterocycles. The van der Waals surface area contributed by atoms with Crippen LogP contribution in [0.25, 0.3) is 0 Å². The van der Waals surface area contributed by atoms with E-state index < -0.39 is 0 Å². The molecule has 0 aliphatic rings. The van der Waals surface area contributed by atoms with Gasteiger partial charge in [0.15, 0.2) is 0 Å². The van der Waals surface area contributed by atoms with Gasteiger partial charge in [0.25, 0.3) is 0 Å². The summed E-state index contributed by atoms with van der Waals surface area (Å²) in [4.78, 5) is 26.3. The van der Waals surface area contributed by atoms with E-state index in [0.29, 0.717) is 13.1 Å². The number of carbonyl (C=O) groups excluding carboxylic acids is 2. The average molecular weight is 228 g/mol. The molecule has 6 heteroatoms.